The molecular weight excluding hydrogens is 492 g/mol. The molecule has 2 aliphatic rings. The van der Waals surface area contributed by atoms with Gasteiger partial charge < -0.3 is 26.2 Å². The summed E-state index contributed by atoms with van der Waals surface area (Å²) >= 11 is 12.2. The van der Waals surface area contributed by atoms with E-state index in [9.17, 15) is 4.79 Å². The van der Waals surface area contributed by atoms with Crippen LogP contribution in [-0.4, -0.2) is 42.7 Å². The quantitative estimate of drug-likeness (QED) is 0.355. The second-order valence-electron chi connectivity index (χ2n) is 8.33. The normalized spacial score (nSPS) is 24.2. The third-order valence-electron chi connectivity index (χ3n) is 6.27. The maximum Gasteiger partial charge on any atom is 0.353 e. The molecule has 0 radical (unpaired) electrons. The van der Waals surface area contributed by atoms with Crippen LogP contribution in [0.25, 0.3) is 0 Å². The molecule has 2 aromatic carbocycles. The van der Waals surface area contributed by atoms with E-state index in [2.05, 4.69) is 26.2 Å². The lowest BCUT2D eigenvalue weighted by molar-refractivity contribution is -0.926. The Morgan fingerprint density at radius 2 is 1.47 bits per heavy atom. The van der Waals surface area contributed by atoms with Crippen LogP contribution in [0.1, 0.15) is 24.0 Å². The summed E-state index contributed by atoms with van der Waals surface area (Å²) in [4.78, 5) is 13.2. The molecule has 0 spiro atoms. The van der Waals surface area contributed by atoms with Crippen LogP contribution in [0.5, 0.6) is 0 Å². The zero-order valence-electron chi connectivity index (χ0n) is 16.7. The maximum atomic E-state index is 16.5. The number of hydrogen-bond donors (Lipinski definition) is 0. The zero-order chi connectivity index (χ0) is 20.8. The first kappa shape index (κ1) is 23.3. The van der Waals surface area contributed by atoms with Crippen molar-refractivity contribution in [1.29, 1.82) is 0 Å². The van der Waals surface area contributed by atoms with Crippen molar-refractivity contribution in [1.82, 2.24) is 0 Å². The van der Waals surface area contributed by atoms with Gasteiger partial charge in [-0.15, -0.1) is 0 Å². The summed E-state index contributed by atoms with van der Waals surface area (Å²) in [6.45, 7) is 0. The molecule has 4 rings (SSSR count). The van der Waals surface area contributed by atoms with Gasteiger partial charge in [-0.25, -0.2) is 9.18 Å². The number of halogens is 4. The van der Waals surface area contributed by atoms with Gasteiger partial charge in [0.05, 0.1) is 14.1 Å². The first-order chi connectivity index (χ1) is 13.7. The van der Waals surface area contributed by atoms with E-state index in [0.29, 0.717) is 22.9 Å². The lowest BCUT2D eigenvalue weighted by Gasteiger charge is -2.44. The van der Waals surface area contributed by atoms with Gasteiger partial charge in [0.2, 0.25) is 0 Å². The second kappa shape index (κ2) is 8.62. The van der Waals surface area contributed by atoms with Gasteiger partial charge in [0.15, 0.2) is 0 Å². The number of carbonyl (C=O) groups excluding carboxylic acids is 1. The molecule has 3 nitrogen and oxygen atoms in total. The van der Waals surface area contributed by atoms with E-state index in [0.717, 1.165) is 4.48 Å². The van der Waals surface area contributed by atoms with Crippen LogP contribution in [0.15, 0.2) is 60.7 Å². The Balaban J connectivity index is 0.00000256. The van der Waals surface area contributed by atoms with E-state index < -0.39 is 11.6 Å². The number of rotatable bonds is 4. The molecule has 0 aliphatic carbocycles. The van der Waals surface area contributed by atoms with E-state index in [1.54, 1.807) is 36.4 Å². The molecule has 2 heterocycles. The van der Waals surface area contributed by atoms with Gasteiger partial charge in [0.25, 0.3) is 5.67 Å². The number of quaternary nitrogens is 1. The van der Waals surface area contributed by atoms with Crippen LogP contribution in [0.2, 0.25) is 10.0 Å². The number of ether oxygens (including phenoxy) is 1. The highest BCUT2D eigenvalue weighted by molar-refractivity contribution is 6.31. The maximum absolute atomic E-state index is 16.5. The summed E-state index contributed by atoms with van der Waals surface area (Å²) in [7, 11) is 4.34. The molecule has 30 heavy (non-hydrogen) atoms. The number of esters is 1. The Labute approximate surface area is 196 Å². The molecule has 2 bridgehead atoms. The van der Waals surface area contributed by atoms with Crippen LogP contribution in [0, 0.1) is 0 Å². The SMILES string of the molecule is C[N+]1(C)C2C=C[C@@H]1CC(OC(=O)C(F)(c1cccc(Cl)c1)c1cccc(Cl)c1)C2.[Br-]. The average Bonchev–Trinajstić information content (AvgIpc) is 2.84. The predicted molar refractivity (Wildman–Crippen MR) is 113 cm³/mol. The number of carbonyl (C=O) groups is 1. The van der Waals surface area contributed by atoms with Crippen molar-refractivity contribution in [2.45, 2.75) is 36.7 Å². The molecule has 0 N–H and O–H groups in total. The van der Waals surface area contributed by atoms with Gasteiger partial charge in [0.1, 0.15) is 18.2 Å². The van der Waals surface area contributed by atoms with Crippen molar-refractivity contribution in [3.63, 3.8) is 0 Å². The van der Waals surface area contributed by atoms with Crippen LogP contribution >= 0.6 is 23.2 Å². The van der Waals surface area contributed by atoms with Crippen LogP contribution in [0.4, 0.5) is 4.39 Å². The standard InChI is InChI=1S/C23H23Cl2FNO2.BrH/c1-27(2)19-9-10-20(27)14-21(13-19)29-22(28)23(26,15-5-3-7-17(24)11-15)16-6-4-8-18(25)12-16;/h3-12,19-21H,13-14H2,1-2H3;1H/q+1;/p-1/t19-,20?,21?;/m1./s1. The molecule has 0 saturated carbocycles. The molecular formula is C23H23BrCl2FNO2. The molecule has 1 saturated heterocycles. The Morgan fingerprint density at radius 3 is 1.90 bits per heavy atom. The molecule has 2 aromatic rings. The molecule has 0 amide bonds. The highest BCUT2D eigenvalue weighted by atomic mass is 79.9. The smallest absolute Gasteiger partial charge is 0.353 e. The number of alkyl halides is 1. The molecule has 3 atom stereocenters. The summed E-state index contributed by atoms with van der Waals surface area (Å²) in [6.07, 6.45) is 5.36. The lowest BCUT2D eigenvalue weighted by Crippen LogP contribution is -3.00. The molecule has 0 aromatic heterocycles. The van der Waals surface area contributed by atoms with Crippen molar-refractivity contribution in [2.75, 3.05) is 14.1 Å². The van der Waals surface area contributed by atoms with Crippen LogP contribution < -0.4 is 17.0 Å². The third kappa shape index (κ3) is 4.05. The van der Waals surface area contributed by atoms with Crippen LogP contribution in [-0.2, 0) is 15.2 Å². The number of benzene rings is 2. The fraction of sp³-hybridized carbons (Fsp3) is 0.348. The Hall–Kier alpha value is -1.40. The van der Waals surface area contributed by atoms with E-state index in [4.69, 9.17) is 27.9 Å². The fourth-order valence-corrected chi connectivity index (χ4v) is 4.80. The fourth-order valence-electron chi connectivity index (χ4n) is 4.42. The van der Waals surface area contributed by atoms with Crippen molar-refractivity contribution < 1.29 is 35.4 Å². The predicted octanol–water partition coefficient (Wildman–Crippen LogP) is 2.30. The molecule has 7 heteroatoms. The topological polar surface area (TPSA) is 26.3 Å². The number of hydrogen-bond acceptors (Lipinski definition) is 2. The van der Waals surface area contributed by atoms with Gasteiger partial charge in [-0.1, -0.05) is 47.5 Å². The monoisotopic (exact) mass is 513 g/mol. The summed E-state index contributed by atoms with van der Waals surface area (Å²) in [6, 6.07) is 13.0. The summed E-state index contributed by atoms with van der Waals surface area (Å²) in [5.74, 6) is -0.932. The van der Waals surface area contributed by atoms with E-state index in [1.807, 2.05) is 0 Å². The third-order valence-corrected chi connectivity index (χ3v) is 6.74. The van der Waals surface area contributed by atoms with Gasteiger partial charge in [0, 0.05) is 34.0 Å². The minimum Gasteiger partial charge on any atom is -1.00 e. The molecule has 2 unspecified atom stereocenters. The summed E-state index contributed by atoms with van der Waals surface area (Å²) in [5.41, 5.74) is -2.24. The first-order valence-electron chi connectivity index (χ1n) is 9.65. The van der Waals surface area contributed by atoms with Crippen LogP contribution in [0.3, 0.4) is 0 Å². The Bertz CT molecular complexity index is 918. The number of likely N-dealkylation sites (N-methyl/N-ethyl adjacent to an activating group) is 1. The first-order valence-corrected chi connectivity index (χ1v) is 10.4. The molecule has 160 valence electrons. The minimum atomic E-state index is -2.50. The Kier molecular flexibility index (Phi) is 6.68. The number of piperidine rings is 1. The molecule has 2 aliphatic heterocycles. The van der Waals surface area contributed by atoms with Crippen molar-refractivity contribution in [3.8, 4) is 0 Å². The molecule has 1 fully saturated rings. The summed E-state index contributed by atoms with van der Waals surface area (Å²) < 4.78 is 23.1. The average molecular weight is 515 g/mol. The second-order valence-corrected chi connectivity index (χ2v) is 9.20. The van der Waals surface area contributed by atoms with Crippen molar-refractivity contribution in [3.05, 3.63) is 81.9 Å². The lowest BCUT2D eigenvalue weighted by atomic mass is 9.87. The Morgan fingerprint density at radius 1 is 1.00 bits per heavy atom. The number of fused-ring (bicyclic) bond motifs is 2. The van der Waals surface area contributed by atoms with Crippen molar-refractivity contribution in [2.24, 2.45) is 0 Å². The van der Waals surface area contributed by atoms with Gasteiger partial charge in [-0.3, -0.25) is 0 Å². The van der Waals surface area contributed by atoms with Gasteiger partial charge in [-0.2, -0.15) is 0 Å². The number of nitrogens with zero attached hydrogens (tertiary/aromatic N) is 1. The van der Waals surface area contributed by atoms with Crippen molar-refractivity contribution >= 4 is 29.2 Å². The van der Waals surface area contributed by atoms with E-state index >= 15 is 4.39 Å². The highest BCUT2D eigenvalue weighted by Gasteiger charge is 2.50. The minimum absolute atomic E-state index is 0. The van der Waals surface area contributed by atoms with E-state index in [1.165, 1.54) is 12.1 Å². The van der Waals surface area contributed by atoms with E-state index in [-0.39, 0.29) is 46.3 Å². The highest BCUT2D eigenvalue weighted by Crippen LogP contribution is 2.40. The summed E-state index contributed by atoms with van der Waals surface area (Å²) in [5, 5.41) is 0.691. The van der Waals surface area contributed by atoms with Gasteiger partial charge in [-0.05, 0) is 36.4 Å². The largest absolute Gasteiger partial charge is 1.00 e. The zero-order valence-corrected chi connectivity index (χ0v) is 19.8. The van der Waals surface area contributed by atoms with Gasteiger partial charge >= 0.3 is 5.97 Å².